The highest BCUT2D eigenvalue weighted by molar-refractivity contribution is 5.85. The van der Waals surface area contributed by atoms with Gasteiger partial charge in [-0.2, -0.15) is 0 Å². The number of halogens is 1. The normalized spacial score (nSPS) is 17.3. The minimum atomic E-state index is -0.306. The molecule has 0 saturated heterocycles. The molecule has 2 aromatic rings. The predicted octanol–water partition coefficient (Wildman–Crippen LogP) is 0.914. The average molecular weight is 308 g/mol. The van der Waals surface area contributed by atoms with Crippen LogP contribution in [0.3, 0.4) is 0 Å². The molecular formula is C14H18ClN5O. The molecule has 21 heavy (non-hydrogen) atoms. The Hall–Kier alpha value is -1.92. The molecule has 1 aliphatic rings. The van der Waals surface area contributed by atoms with E-state index >= 15 is 0 Å². The van der Waals surface area contributed by atoms with E-state index in [0.717, 1.165) is 11.4 Å². The first-order valence-electron chi connectivity index (χ1n) is 6.62. The molecule has 0 unspecified atom stereocenters. The summed E-state index contributed by atoms with van der Waals surface area (Å²) in [4.78, 5) is 14.2. The molecule has 6 nitrogen and oxygen atoms in total. The van der Waals surface area contributed by atoms with Crippen LogP contribution in [0.4, 0.5) is 0 Å². The Balaban J connectivity index is 0.00000161. The van der Waals surface area contributed by atoms with E-state index in [9.17, 15) is 4.79 Å². The predicted molar refractivity (Wildman–Crippen MR) is 80.8 cm³/mol. The molecule has 0 bridgehead atoms. The van der Waals surface area contributed by atoms with Gasteiger partial charge in [0.25, 0.3) is 0 Å². The van der Waals surface area contributed by atoms with Crippen molar-refractivity contribution in [2.75, 3.05) is 7.05 Å². The molecule has 1 aliphatic heterocycles. The third-order valence-corrected chi connectivity index (χ3v) is 3.64. The molecule has 1 amide bonds. The summed E-state index contributed by atoms with van der Waals surface area (Å²) in [5, 5.41) is 8.23. The van der Waals surface area contributed by atoms with Gasteiger partial charge in [-0.25, -0.2) is 0 Å². The first kappa shape index (κ1) is 15.5. The van der Waals surface area contributed by atoms with Crippen LogP contribution < -0.4 is 5.73 Å². The van der Waals surface area contributed by atoms with Crippen LogP contribution in [0.2, 0.25) is 0 Å². The number of fused-ring (bicyclic) bond motifs is 1. The Bertz CT molecular complexity index is 628. The van der Waals surface area contributed by atoms with Gasteiger partial charge in [0, 0.05) is 13.5 Å². The van der Waals surface area contributed by atoms with Gasteiger partial charge in [-0.05, 0) is 5.56 Å². The summed E-state index contributed by atoms with van der Waals surface area (Å²) in [7, 11) is 1.79. The molecule has 7 heteroatoms. The van der Waals surface area contributed by atoms with Crippen LogP contribution in [0.15, 0.2) is 30.3 Å². The second-order valence-electron chi connectivity index (χ2n) is 5.01. The number of carbonyl (C=O) groups excluding carboxylic acids is 1. The Kier molecular flexibility index (Phi) is 4.59. The highest BCUT2D eigenvalue weighted by Crippen LogP contribution is 2.25. The van der Waals surface area contributed by atoms with E-state index in [1.165, 1.54) is 0 Å². The molecule has 0 spiro atoms. The van der Waals surface area contributed by atoms with Crippen LogP contribution in [0, 0.1) is 0 Å². The first-order valence-corrected chi connectivity index (χ1v) is 6.62. The summed E-state index contributed by atoms with van der Waals surface area (Å²) in [6.45, 7) is 0.770. The van der Waals surface area contributed by atoms with Crippen LogP contribution >= 0.6 is 12.4 Å². The highest BCUT2D eigenvalue weighted by Gasteiger charge is 2.33. The second-order valence-corrected chi connectivity index (χ2v) is 5.01. The monoisotopic (exact) mass is 307 g/mol. The molecule has 0 radical (unpaired) electrons. The fourth-order valence-electron chi connectivity index (χ4n) is 2.64. The maximum absolute atomic E-state index is 12.5. The summed E-state index contributed by atoms with van der Waals surface area (Å²) in [6.07, 6.45) is 0.627. The van der Waals surface area contributed by atoms with E-state index < -0.39 is 0 Å². The molecular weight excluding hydrogens is 290 g/mol. The minimum absolute atomic E-state index is 0. The summed E-state index contributed by atoms with van der Waals surface area (Å²) >= 11 is 0. The Morgan fingerprint density at radius 1 is 1.29 bits per heavy atom. The molecule has 0 saturated carbocycles. The third-order valence-electron chi connectivity index (χ3n) is 3.64. The van der Waals surface area contributed by atoms with Crippen molar-refractivity contribution in [1.29, 1.82) is 0 Å². The molecule has 1 aromatic heterocycles. The van der Waals surface area contributed by atoms with Gasteiger partial charge in [0.05, 0.1) is 13.1 Å². The van der Waals surface area contributed by atoms with Crippen molar-refractivity contribution < 1.29 is 4.79 Å². The van der Waals surface area contributed by atoms with Gasteiger partial charge in [0.2, 0.25) is 5.91 Å². The number of hydrogen-bond donors (Lipinski definition) is 1. The van der Waals surface area contributed by atoms with Gasteiger partial charge in [-0.1, -0.05) is 30.3 Å². The minimum Gasteiger partial charge on any atom is -0.336 e. The number of nitrogens with two attached hydrogens (primary N) is 1. The van der Waals surface area contributed by atoms with Gasteiger partial charge in [-0.3, -0.25) is 9.36 Å². The van der Waals surface area contributed by atoms with E-state index in [1.54, 1.807) is 11.9 Å². The standard InChI is InChI=1S/C14H17N5O.ClH/c1-18-9-13-17-16-12(8-15)19(13)11(14(18)20)7-10-5-3-2-4-6-10;/h2-6,11H,7-9,15H2,1H3;1H/t11-;/m0./s1. The van der Waals surface area contributed by atoms with E-state index in [-0.39, 0.29) is 30.9 Å². The van der Waals surface area contributed by atoms with Gasteiger partial charge >= 0.3 is 0 Å². The van der Waals surface area contributed by atoms with Crippen LogP contribution in [0.25, 0.3) is 0 Å². The van der Waals surface area contributed by atoms with Crippen molar-refractivity contribution in [2.24, 2.45) is 5.73 Å². The van der Waals surface area contributed by atoms with Crippen molar-refractivity contribution in [3.8, 4) is 0 Å². The van der Waals surface area contributed by atoms with Gasteiger partial charge < -0.3 is 10.6 Å². The molecule has 0 fully saturated rings. The van der Waals surface area contributed by atoms with Crippen molar-refractivity contribution in [2.45, 2.75) is 25.6 Å². The number of amides is 1. The average Bonchev–Trinajstić information content (AvgIpc) is 2.87. The molecule has 0 aliphatic carbocycles. The smallest absolute Gasteiger partial charge is 0.246 e. The number of aromatic nitrogens is 3. The number of rotatable bonds is 3. The lowest BCUT2D eigenvalue weighted by atomic mass is 10.0. The second kappa shape index (κ2) is 6.24. The molecule has 2 heterocycles. The molecule has 112 valence electrons. The number of carbonyl (C=O) groups is 1. The zero-order valence-electron chi connectivity index (χ0n) is 11.8. The number of nitrogens with zero attached hydrogens (tertiary/aromatic N) is 4. The summed E-state index contributed by atoms with van der Waals surface area (Å²) < 4.78 is 1.90. The topological polar surface area (TPSA) is 77.0 Å². The van der Waals surface area contributed by atoms with Crippen molar-refractivity contribution in [1.82, 2.24) is 19.7 Å². The number of hydrogen-bond acceptors (Lipinski definition) is 4. The summed E-state index contributed by atoms with van der Waals surface area (Å²) in [6, 6.07) is 9.65. The maximum Gasteiger partial charge on any atom is 0.246 e. The van der Waals surface area contributed by atoms with Crippen molar-refractivity contribution in [3.05, 3.63) is 47.5 Å². The van der Waals surface area contributed by atoms with Crippen molar-refractivity contribution >= 4 is 18.3 Å². The van der Waals surface area contributed by atoms with Crippen LogP contribution in [0.5, 0.6) is 0 Å². The molecule has 2 N–H and O–H groups in total. The summed E-state index contributed by atoms with van der Waals surface area (Å²) in [5.74, 6) is 1.55. The lowest BCUT2D eigenvalue weighted by Gasteiger charge is -2.31. The van der Waals surface area contributed by atoms with E-state index in [1.807, 2.05) is 34.9 Å². The fraction of sp³-hybridized carbons (Fsp3) is 0.357. The van der Waals surface area contributed by atoms with Gasteiger partial charge in [0.1, 0.15) is 11.9 Å². The van der Waals surface area contributed by atoms with Gasteiger partial charge in [-0.15, -0.1) is 22.6 Å². The van der Waals surface area contributed by atoms with Crippen molar-refractivity contribution in [3.63, 3.8) is 0 Å². The Morgan fingerprint density at radius 2 is 2.00 bits per heavy atom. The summed E-state index contributed by atoms with van der Waals surface area (Å²) in [5.41, 5.74) is 6.82. The molecule has 1 aromatic carbocycles. The highest BCUT2D eigenvalue weighted by atomic mass is 35.5. The fourth-order valence-corrected chi connectivity index (χ4v) is 2.64. The largest absolute Gasteiger partial charge is 0.336 e. The third kappa shape index (κ3) is 2.77. The molecule has 3 rings (SSSR count). The van der Waals surface area contributed by atoms with Gasteiger partial charge in [0.15, 0.2) is 5.82 Å². The van der Waals surface area contributed by atoms with E-state index in [2.05, 4.69) is 10.2 Å². The zero-order chi connectivity index (χ0) is 14.1. The van der Waals surface area contributed by atoms with Crippen LogP contribution in [-0.2, 0) is 24.3 Å². The zero-order valence-corrected chi connectivity index (χ0v) is 12.6. The maximum atomic E-state index is 12.5. The first-order chi connectivity index (χ1) is 9.70. The van der Waals surface area contributed by atoms with Crippen LogP contribution in [0.1, 0.15) is 23.3 Å². The lowest BCUT2D eigenvalue weighted by molar-refractivity contribution is -0.136. The lowest BCUT2D eigenvalue weighted by Crippen LogP contribution is -2.42. The van der Waals surface area contributed by atoms with E-state index in [4.69, 9.17) is 5.73 Å². The number of likely N-dealkylation sites (N-methyl/N-ethyl adjacent to an activating group) is 1. The number of benzene rings is 1. The Morgan fingerprint density at radius 3 is 2.67 bits per heavy atom. The van der Waals surface area contributed by atoms with E-state index in [0.29, 0.717) is 18.8 Å². The Labute approximate surface area is 129 Å². The quantitative estimate of drug-likeness (QED) is 0.914. The SMILES string of the molecule is CN1Cc2nnc(CN)n2[C@@H](Cc2ccccc2)C1=O.Cl. The molecule has 1 atom stereocenters. The van der Waals surface area contributed by atoms with Crippen LogP contribution in [-0.4, -0.2) is 32.6 Å².